The van der Waals surface area contributed by atoms with E-state index in [1.165, 1.54) is 11.0 Å². The molecule has 2 rings (SSSR count). The van der Waals surface area contributed by atoms with Crippen molar-refractivity contribution >= 4 is 46.8 Å². The molecule has 2 aromatic carbocycles. The summed E-state index contributed by atoms with van der Waals surface area (Å²) in [5, 5.41) is 3.33. The number of hydrogen-bond acceptors (Lipinski definition) is 3. The summed E-state index contributed by atoms with van der Waals surface area (Å²) >= 11 is 12.1. The van der Waals surface area contributed by atoms with Crippen LogP contribution in [0.1, 0.15) is 12.5 Å². The molecule has 0 aliphatic rings. The third kappa shape index (κ3) is 6.01. The molecule has 0 radical (unpaired) electrons. The van der Waals surface area contributed by atoms with Crippen molar-refractivity contribution in [3.05, 3.63) is 64.1 Å². The Bertz CT molecular complexity index is 815. The number of nitrogens with one attached hydrogen (secondary N) is 1. The van der Waals surface area contributed by atoms with E-state index in [-0.39, 0.29) is 18.4 Å². The number of rotatable bonds is 7. The molecule has 0 saturated carbocycles. The highest BCUT2D eigenvalue weighted by atomic mass is 35.5. The summed E-state index contributed by atoms with van der Waals surface area (Å²) in [5.74, 6) is 0.0929. The van der Waals surface area contributed by atoms with E-state index in [1.807, 2.05) is 24.3 Å². The molecule has 5 nitrogen and oxygen atoms in total. The molecule has 0 spiro atoms. The van der Waals surface area contributed by atoms with Crippen molar-refractivity contribution < 1.29 is 14.3 Å². The van der Waals surface area contributed by atoms with Crippen LogP contribution in [0.2, 0.25) is 10.0 Å². The van der Waals surface area contributed by atoms with E-state index in [4.69, 9.17) is 27.9 Å². The van der Waals surface area contributed by atoms with Crippen LogP contribution in [0.5, 0.6) is 5.75 Å². The second-order valence-electron chi connectivity index (χ2n) is 5.60. The van der Waals surface area contributed by atoms with E-state index < -0.39 is 0 Å². The Balaban J connectivity index is 1.99. The van der Waals surface area contributed by atoms with Gasteiger partial charge in [-0.1, -0.05) is 41.4 Å². The van der Waals surface area contributed by atoms with Crippen molar-refractivity contribution in [1.82, 2.24) is 4.90 Å². The van der Waals surface area contributed by atoms with E-state index in [2.05, 4.69) is 5.32 Å². The molecular weight excluding hydrogens is 387 g/mol. The molecular formula is C20H20Cl2N2O3. The van der Waals surface area contributed by atoms with Gasteiger partial charge in [-0.15, -0.1) is 0 Å². The van der Waals surface area contributed by atoms with Crippen molar-refractivity contribution in [1.29, 1.82) is 0 Å². The van der Waals surface area contributed by atoms with Crippen LogP contribution in [0.25, 0.3) is 6.08 Å². The van der Waals surface area contributed by atoms with Gasteiger partial charge in [-0.3, -0.25) is 9.59 Å². The van der Waals surface area contributed by atoms with Crippen LogP contribution >= 0.6 is 23.2 Å². The molecule has 0 heterocycles. The lowest BCUT2D eigenvalue weighted by Gasteiger charge is -2.19. The van der Waals surface area contributed by atoms with Gasteiger partial charge in [0.25, 0.3) is 0 Å². The zero-order valence-electron chi connectivity index (χ0n) is 15.0. The smallest absolute Gasteiger partial charge is 0.247 e. The first-order chi connectivity index (χ1) is 12.9. The molecule has 0 atom stereocenters. The first-order valence-corrected chi connectivity index (χ1v) is 9.05. The highest BCUT2D eigenvalue weighted by Gasteiger charge is 2.15. The number of carbonyl (C=O) groups excluding carboxylic acids is 2. The molecule has 7 heteroatoms. The molecule has 2 aromatic rings. The van der Waals surface area contributed by atoms with Gasteiger partial charge in [0.05, 0.1) is 22.8 Å². The number of amides is 2. The Kier molecular flexibility index (Phi) is 7.70. The summed E-state index contributed by atoms with van der Waals surface area (Å²) in [6.45, 7) is 2.08. The molecule has 0 aliphatic heterocycles. The minimum Gasteiger partial charge on any atom is -0.497 e. The normalized spacial score (nSPS) is 10.7. The Morgan fingerprint density at radius 1 is 1.11 bits per heavy atom. The van der Waals surface area contributed by atoms with E-state index in [0.29, 0.717) is 22.3 Å². The number of benzene rings is 2. The quantitative estimate of drug-likeness (QED) is 0.688. The fraction of sp³-hybridized carbons (Fsp3) is 0.200. The molecule has 0 saturated heterocycles. The molecule has 142 valence electrons. The van der Waals surface area contributed by atoms with Crippen LogP contribution in [-0.4, -0.2) is 36.9 Å². The van der Waals surface area contributed by atoms with Gasteiger partial charge in [0.1, 0.15) is 12.3 Å². The fourth-order valence-corrected chi connectivity index (χ4v) is 2.79. The lowest BCUT2D eigenvalue weighted by atomic mass is 10.2. The van der Waals surface area contributed by atoms with E-state index in [0.717, 1.165) is 11.3 Å². The first-order valence-electron chi connectivity index (χ1n) is 8.29. The summed E-state index contributed by atoms with van der Waals surface area (Å²) < 4.78 is 5.10. The van der Waals surface area contributed by atoms with Crippen molar-refractivity contribution in [2.45, 2.75) is 6.92 Å². The van der Waals surface area contributed by atoms with Gasteiger partial charge in [0.2, 0.25) is 11.8 Å². The number of methoxy groups -OCH3 is 1. The molecule has 0 unspecified atom stereocenters. The van der Waals surface area contributed by atoms with Crippen molar-refractivity contribution in [2.24, 2.45) is 0 Å². The van der Waals surface area contributed by atoms with Crippen LogP contribution in [-0.2, 0) is 9.59 Å². The average molecular weight is 407 g/mol. The van der Waals surface area contributed by atoms with Crippen molar-refractivity contribution in [2.75, 3.05) is 25.5 Å². The van der Waals surface area contributed by atoms with Gasteiger partial charge in [-0.2, -0.15) is 0 Å². The first kappa shape index (κ1) is 20.8. The lowest BCUT2D eigenvalue weighted by Crippen LogP contribution is -2.37. The number of hydrogen-bond donors (Lipinski definition) is 1. The maximum absolute atomic E-state index is 12.4. The summed E-state index contributed by atoms with van der Waals surface area (Å²) in [6, 6.07) is 12.2. The standard InChI is InChI=1S/C20H20Cl2N2O3/c1-3-24(13-18(25)23-20-16(21)5-4-6-17(20)22)19(26)12-9-14-7-10-15(27-2)11-8-14/h4-12H,3,13H2,1-2H3,(H,23,25)/b12-9+. The maximum Gasteiger partial charge on any atom is 0.247 e. The lowest BCUT2D eigenvalue weighted by molar-refractivity contribution is -0.130. The van der Waals surface area contributed by atoms with Gasteiger partial charge in [0.15, 0.2) is 0 Å². The van der Waals surface area contributed by atoms with Gasteiger partial charge >= 0.3 is 0 Å². The summed E-state index contributed by atoms with van der Waals surface area (Å²) in [4.78, 5) is 26.1. The Hall–Kier alpha value is -2.50. The number of para-hydroxylation sites is 1. The van der Waals surface area contributed by atoms with Crippen molar-refractivity contribution in [3.63, 3.8) is 0 Å². The minimum atomic E-state index is -0.377. The van der Waals surface area contributed by atoms with Crippen molar-refractivity contribution in [3.8, 4) is 5.75 Å². The maximum atomic E-state index is 12.4. The Labute approximate surface area is 168 Å². The molecule has 27 heavy (non-hydrogen) atoms. The number of carbonyl (C=O) groups is 2. The predicted molar refractivity (Wildman–Crippen MR) is 109 cm³/mol. The highest BCUT2D eigenvalue weighted by Crippen LogP contribution is 2.29. The monoisotopic (exact) mass is 406 g/mol. The molecule has 0 aliphatic carbocycles. The SMILES string of the molecule is CCN(CC(=O)Nc1c(Cl)cccc1Cl)C(=O)/C=C/c1ccc(OC)cc1. The average Bonchev–Trinajstić information content (AvgIpc) is 2.67. The summed E-state index contributed by atoms with van der Waals surface area (Å²) in [7, 11) is 1.59. The second-order valence-corrected chi connectivity index (χ2v) is 6.42. The van der Waals surface area contributed by atoms with Crippen LogP contribution in [0.3, 0.4) is 0 Å². The van der Waals surface area contributed by atoms with Gasteiger partial charge < -0.3 is 15.0 Å². The number of likely N-dealkylation sites (N-methyl/N-ethyl adjacent to an activating group) is 1. The summed E-state index contributed by atoms with van der Waals surface area (Å²) in [5.41, 5.74) is 1.19. The van der Waals surface area contributed by atoms with Crippen LogP contribution in [0.4, 0.5) is 5.69 Å². The predicted octanol–water partition coefficient (Wildman–Crippen LogP) is 4.50. The zero-order chi connectivity index (χ0) is 19.8. The largest absolute Gasteiger partial charge is 0.497 e. The minimum absolute atomic E-state index is 0.107. The Morgan fingerprint density at radius 2 is 1.74 bits per heavy atom. The Morgan fingerprint density at radius 3 is 2.30 bits per heavy atom. The third-order valence-electron chi connectivity index (χ3n) is 3.79. The number of nitrogens with zero attached hydrogens (tertiary/aromatic N) is 1. The van der Waals surface area contributed by atoms with E-state index >= 15 is 0 Å². The highest BCUT2D eigenvalue weighted by molar-refractivity contribution is 6.39. The number of halogens is 2. The summed E-state index contributed by atoms with van der Waals surface area (Å²) in [6.07, 6.45) is 3.12. The third-order valence-corrected chi connectivity index (χ3v) is 4.42. The van der Waals surface area contributed by atoms with Crippen LogP contribution in [0.15, 0.2) is 48.5 Å². The van der Waals surface area contributed by atoms with Gasteiger partial charge in [-0.25, -0.2) is 0 Å². The molecule has 0 fully saturated rings. The number of ether oxygens (including phenoxy) is 1. The molecule has 0 bridgehead atoms. The zero-order valence-corrected chi connectivity index (χ0v) is 16.6. The molecule has 2 amide bonds. The van der Waals surface area contributed by atoms with Crippen LogP contribution in [0, 0.1) is 0 Å². The fourth-order valence-electron chi connectivity index (χ4n) is 2.30. The van der Waals surface area contributed by atoms with Gasteiger partial charge in [0, 0.05) is 12.6 Å². The van der Waals surface area contributed by atoms with Crippen LogP contribution < -0.4 is 10.1 Å². The topological polar surface area (TPSA) is 58.6 Å². The molecule has 0 aromatic heterocycles. The van der Waals surface area contributed by atoms with Gasteiger partial charge in [-0.05, 0) is 42.8 Å². The van der Waals surface area contributed by atoms with E-state index in [9.17, 15) is 9.59 Å². The molecule has 1 N–H and O–H groups in total. The number of anilines is 1. The second kappa shape index (κ2) is 10.00. The van der Waals surface area contributed by atoms with E-state index in [1.54, 1.807) is 38.3 Å².